The van der Waals surface area contributed by atoms with Crippen LogP contribution in [0, 0.1) is 11.3 Å². The maximum Gasteiger partial charge on any atom is 0.430 e. The molecule has 0 saturated carbocycles. The summed E-state index contributed by atoms with van der Waals surface area (Å²) in [7, 11) is 0. The van der Waals surface area contributed by atoms with Crippen LogP contribution in [0.3, 0.4) is 0 Å². The number of phenolic OH excluding ortho intramolecular Hbond substituents is 2. The summed E-state index contributed by atoms with van der Waals surface area (Å²) in [5.41, 5.74) is 7.32. The molecular formula is C77H96F3N14O18S2-. The molecule has 8 rings (SSSR count). The van der Waals surface area contributed by atoms with Crippen molar-refractivity contribution in [2.45, 2.75) is 196 Å². The SMILES string of the molecule is CCC[C@@H]1NC(=O)[C@H](Cc2c[nH]c3ncccc23)NC(=O)[C@H]([C@@H](C)O)CC(=O)[C@H](Cc2cnc[nH]2)NC(=O)[C@H](Cc2ccc(O)cc2)NC(=O)[C@H](C(C)(C)C)NC(=O)CCSCc2cccc(c2)CSC[C@@H](C(N)=O)NC(=O)[C@]2(C)CCCN2C(=O)[C@H](Cc2ccc(O)cc2)NC(=O)[C@H](CCC(=O)O)NC1=O.O=C([O-])C(F)(F)F. The highest BCUT2D eigenvalue weighted by atomic mass is 32.2. The van der Waals surface area contributed by atoms with Gasteiger partial charge in [0.25, 0.3) is 0 Å². The molecule has 1 saturated heterocycles. The van der Waals surface area contributed by atoms with Crippen LogP contribution in [0.2, 0.25) is 0 Å². The third-order valence-electron chi connectivity index (χ3n) is 19.1. The molecule has 3 aromatic carbocycles. The number of carbonyl (C=O) groups is 13. The number of nitrogens with one attached hydrogen (secondary N) is 10. The summed E-state index contributed by atoms with van der Waals surface area (Å²) in [6.45, 7) is 9.69. The predicted octanol–water partition coefficient (Wildman–Crippen LogP) is 2.25. The molecule has 6 aromatic rings. The van der Waals surface area contributed by atoms with Gasteiger partial charge >= 0.3 is 12.1 Å². The highest BCUT2D eigenvalue weighted by molar-refractivity contribution is 7.98. The maximum absolute atomic E-state index is 15.2. The molecule has 37 heteroatoms. The molecule has 114 heavy (non-hydrogen) atoms. The summed E-state index contributed by atoms with van der Waals surface area (Å²) in [5.74, 6) is -14.1. The standard InChI is InChI=1S/C75H96N14O16S2.C2HF3O2/c1-7-11-53-67(99)82-54(23-24-62(95)96)68(100)86-58(32-44-17-21-50(92)22-18-44)72(104)89-28-10-26-75(89,6)73(105)87-59(64(76)97)40-107-39-46-13-8-12-45(30-46)38-106-29-25-61(94)88-63(74(3,4)5)71(103)85-56(31-43-15-19-49(91)20-16-43)69(101)83-55(34-48-37-77-41-80-48)60(93)35-52(42(2)90)66(98)84-57(70(102)81-53)33-47-36-79-65-51(47)14-9-27-78-65;3-2(4,5)1(6)7/h8-9,12-22,27,30,36-37,41-42,52-59,63,90-92H,7,10-11,23-26,28-29,31-35,38-40H2,1-6H3,(H2,76,97)(H,77,80)(H,78,79)(H,81,102)(H,82,99)(H,83,101)(H,84,98)(H,85,103)(H,86,100)(H,87,105)(H,88,94)(H,95,96);(H,6,7)/p-1/t42-,52+,53+,54+,55+,56+,57+,58+,59+,63-,75+;/m1./s1. The van der Waals surface area contributed by atoms with Crippen molar-refractivity contribution in [2.75, 3.05) is 18.1 Å². The van der Waals surface area contributed by atoms with Gasteiger partial charge in [0, 0.05) is 104 Å². The van der Waals surface area contributed by atoms with E-state index < -0.39 is 174 Å². The Morgan fingerprint density at radius 2 is 1.25 bits per heavy atom. The van der Waals surface area contributed by atoms with E-state index in [2.05, 4.69) is 62.5 Å². The molecule has 16 N–H and O–H groups in total. The lowest BCUT2D eigenvalue weighted by Gasteiger charge is -2.37. The Labute approximate surface area is 662 Å². The number of carboxylic acid groups (broad SMARTS) is 2. The number of carbonyl (C=O) groups excluding carboxylic acids is 12. The number of Topliss-reactive ketones (excluding diaryl/α,β-unsaturated/α-hetero) is 1. The Kier molecular flexibility index (Phi) is 32.9. The number of nitrogens with two attached hydrogens (primary N) is 1. The third-order valence-corrected chi connectivity index (χ3v) is 21.2. The van der Waals surface area contributed by atoms with E-state index in [1.807, 2.05) is 24.3 Å². The first kappa shape index (κ1) is 90.1. The van der Waals surface area contributed by atoms with E-state index in [-0.39, 0.29) is 75.2 Å². The number of hydrogen-bond donors (Lipinski definition) is 15. The van der Waals surface area contributed by atoms with Crippen molar-refractivity contribution in [1.29, 1.82) is 0 Å². The fraction of sp³-hybridized carbons (Fsp3) is 0.468. The number of phenols is 2. The first-order valence-electron chi connectivity index (χ1n) is 36.7. The smallest absolute Gasteiger partial charge is 0.430 e. The summed E-state index contributed by atoms with van der Waals surface area (Å²) < 4.78 is 31.5. The van der Waals surface area contributed by atoms with E-state index in [0.29, 0.717) is 57.1 Å². The number of aliphatic carboxylic acids is 2. The van der Waals surface area contributed by atoms with Gasteiger partial charge in [-0.2, -0.15) is 36.7 Å². The number of aliphatic hydroxyl groups excluding tert-OH is 1. The van der Waals surface area contributed by atoms with Crippen molar-refractivity contribution in [3.63, 3.8) is 0 Å². The third kappa shape index (κ3) is 26.8. The first-order valence-corrected chi connectivity index (χ1v) is 39.1. The molecular weight excluding hydrogens is 1530 g/mol. The normalized spacial score (nSPS) is 23.5. The lowest BCUT2D eigenvalue weighted by molar-refractivity contribution is -0.344. The molecule has 0 spiro atoms. The summed E-state index contributed by atoms with van der Waals surface area (Å²) in [4.78, 5) is 198. The van der Waals surface area contributed by atoms with Crippen LogP contribution in [0.15, 0.2) is 110 Å². The van der Waals surface area contributed by atoms with E-state index >= 15 is 9.59 Å². The predicted molar refractivity (Wildman–Crippen MR) is 410 cm³/mol. The molecule has 0 radical (unpaired) electrons. The molecule has 2 aliphatic rings. The Hall–Kier alpha value is -11.1. The Balaban J connectivity index is 0.00000245. The molecule has 616 valence electrons. The molecule has 32 nitrogen and oxygen atoms in total. The minimum atomic E-state index is -5.19. The molecule has 11 atom stereocenters. The van der Waals surface area contributed by atoms with Gasteiger partial charge in [-0.15, -0.1) is 0 Å². The number of benzene rings is 3. The van der Waals surface area contributed by atoms with Gasteiger partial charge < -0.3 is 93.5 Å². The second-order valence-electron chi connectivity index (χ2n) is 29.1. The number of pyridine rings is 1. The Morgan fingerprint density at radius 3 is 1.81 bits per heavy atom. The van der Waals surface area contributed by atoms with Crippen LogP contribution in [0.5, 0.6) is 11.5 Å². The molecule has 5 heterocycles. The average molecular weight is 1630 g/mol. The number of hydrogen-bond acceptors (Lipinski definition) is 21. The van der Waals surface area contributed by atoms with E-state index in [4.69, 9.17) is 15.6 Å². The minimum absolute atomic E-state index is 0.00703. The van der Waals surface area contributed by atoms with Crippen molar-refractivity contribution < 1.29 is 101 Å². The van der Waals surface area contributed by atoms with Gasteiger partial charge in [-0.3, -0.25) is 57.5 Å². The van der Waals surface area contributed by atoms with Crippen LogP contribution in [0.4, 0.5) is 13.2 Å². The molecule has 2 aliphatic heterocycles. The largest absolute Gasteiger partial charge is 0.542 e. The van der Waals surface area contributed by atoms with Gasteiger partial charge in [0.05, 0.1) is 24.4 Å². The number of halogens is 3. The van der Waals surface area contributed by atoms with E-state index in [0.717, 1.165) is 11.1 Å². The number of aromatic hydroxyl groups is 2. The number of carboxylic acids is 2. The van der Waals surface area contributed by atoms with Crippen LogP contribution in [0.1, 0.15) is 126 Å². The van der Waals surface area contributed by atoms with Gasteiger partial charge in [-0.25, -0.2) is 9.97 Å². The van der Waals surface area contributed by atoms with Gasteiger partial charge in [0.2, 0.25) is 59.1 Å². The number of ketones is 1. The molecule has 3 aromatic heterocycles. The van der Waals surface area contributed by atoms with E-state index in [9.17, 15) is 81.5 Å². The lowest BCUT2D eigenvalue weighted by Crippen LogP contribution is -2.63. The topological polar surface area (TPSA) is 509 Å². The average Bonchev–Trinajstić information content (AvgIpc) is 1.60. The van der Waals surface area contributed by atoms with E-state index in [1.165, 1.54) is 110 Å². The van der Waals surface area contributed by atoms with Gasteiger partial charge in [0.15, 0.2) is 5.78 Å². The fourth-order valence-corrected chi connectivity index (χ4v) is 14.7. The number of aliphatic hydroxyl groups is 1. The highest BCUT2D eigenvalue weighted by Crippen LogP contribution is 2.32. The van der Waals surface area contributed by atoms with Gasteiger partial charge in [-0.1, -0.05) is 82.6 Å². The maximum atomic E-state index is 15.2. The number of thioether (sulfide) groups is 2. The molecule has 2 bridgehead atoms. The van der Waals surface area contributed by atoms with Crippen molar-refractivity contribution >= 4 is 111 Å². The number of primary amides is 1. The second-order valence-corrected chi connectivity index (χ2v) is 31.3. The quantitative estimate of drug-likeness (QED) is 0.0701. The van der Waals surface area contributed by atoms with Crippen LogP contribution < -0.4 is 53.4 Å². The van der Waals surface area contributed by atoms with Crippen molar-refractivity contribution in [1.82, 2.24) is 67.4 Å². The number of H-pyrrole nitrogens is 2. The minimum Gasteiger partial charge on any atom is -0.542 e. The van der Waals surface area contributed by atoms with Crippen LogP contribution in [-0.4, -0.2) is 206 Å². The monoisotopic (exact) mass is 1630 g/mol. The van der Waals surface area contributed by atoms with Crippen molar-refractivity contribution in [3.8, 4) is 11.5 Å². The summed E-state index contributed by atoms with van der Waals surface area (Å²) in [6, 6.07) is 11.0. The van der Waals surface area contributed by atoms with E-state index in [1.54, 1.807) is 46.0 Å². The van der Waals surface area contributed by atoms with Crippen molar-refractivity contribution in [3.05, 3.63) is 143 Å². The zero-order valence-electron chi connectivity index (χ0n) is 63.6. The van der Waals surface area contributed by atoms with Crippen LogP contribution >= 0.6 is 23.5 Å². The Morgan fingerprint density at radius 1 is 0.693 bits per heavy atom. The number of aromatic nitrogens is 4. The lowest BCUT2D eigenvalue weighted by atomic mass is 9.85. The van der Waals surface area contributed by atoms with Crippen LogP contribution in [0.25, 0.3) is 11.0 Å². The number of amides is 10. The summed E-state index contributed by atoms with van der Waals surface area (Å²) >= 11 is 2.78. The zero-order valence-corrected chi connectivity index (χ0v) is 65.2. The summed E-state index contributed by atoms with van der Waals surface area (Å²) in [5, 5.41) is 73.1. The molecule has 10 amide bonds. The first-order chi connectivity index (χ1) is 53.8. The zero-order chi connectivity index (χ0) is 83.8. The Bertz CT molecular complexity index is 4370. The second kappa shape index (κ2) is 41.6. The summed E-state index contributed by atoms with van der Waals surface area (Å²) in [6.07, 6.45) is -3.29. The number of alkyl halides is 3. The number of nitrogens with zero attached hydrogens (tertiary/aromatic N) is 3. The molecule has 0 aliphatic carbocycles. The molecule has 0 unspecified atom stereocenters. The van der Waals surface area contributed by atoms with Gasteiger partial charge in [-0.05, 0) is 109 Å². The van der Waals surface area contributed by atoms with Crippen LogP contribution in [-0.2, 0) is 99.5 Å². The number of imidazole rings is 1. The fourth-order valence-electron chi connectivity index (χ4n) is 12.8. The van der Waals surface area contributed by atoms with Crippen molar-refractivity contribution in [2.24, 2.45) is 17.1 Å². The highest BCUT2D eigenvalue weighted by Gasteiger charge is 2.49. The number of rotatable bonds is 15. The number of aromatic amines is 2. The molecule has 1 fully saturated rings. The van der Waals surface area contributed by atoms with Gasteiger partial charge in [0.1, 0.15) is 70.9 Å². The number of fused-ring (bicyclic) bond motifs is 4.